The van der Waals surface area contributed by atoms with Crippen molar-refractivity contribution >= 4 is 11.2 Å². The molecule has 0 radical (unpaired) electrons. The molecule has 0 bridgehead atoms. The molecule has 5 N–H and O–H groups in total. The van der Waals surface area contributed by atoms with Gasteiger partial charge in [-0.3, -0.25) is 14.8 Å². The zero-order valence-electron chi connectivity index (χ0n) is 14.5. The molecule has 4 rings (SSSR count). The van der Waals surface area contributed by atoms with Gasteiger partial charge in [0.05, 0.1) is 6.61 Å². The number of aromatic amines is 2. The van der Waals surface area contributed by atoms with Crippen molar-refractivity contribution in [2.75, 3.05) is 6.61 Å². The summed E-state index contributed by atoms with van der Waals surface area (Å²) >= 11 is 0. The zero-order valence-corrected chi connectivity index (χ0v) is 14.5. The molecule has 0 amide bonds. The minimum Gasteiger partial charge on any atom is -0.460 e. The smallest absolute Gasteiger partial charge is 0.327 e. The van der Waals surface area contributed by atoms with Crippen LogP contribution in [-0.2, 0) is 11.3 Å². The Labute approximate surface area is 156 Å². The molecule has 0 saturated carbocycles. The van der Waals surface area contributed by atoms with E-state index < -0.39 is 42.4 Å². The van der Waals surface area contributed by atoms with Crippen LogP contribution in [0.4, 0.5) is 0 Å². The van der Waals surface area contributed by atoms with Crippen LogP contribution < -0.4 is 16.0 Å². The van der Waals surface area contributed by atoms with Crippen molar-refractivity contribution in [1.82, 2.24) is 19.5 Å². The zero-order chi connectivity index (χ0) is 19.8. The lowest BCUT2D eigenvalue weighted by molar-refractivity contribution is -0.0545. The second-order valence-electron chi connectivity index (χ2n) is 6.37. The fraction of sp³-hybridized carbons (Fsp3) is 0.353. The van der Waals surface area contributed by atoms with Gasteiger partial charge in [0.2, 0.25) is 0 Å². The fourth-order valence-electron chi connectivity index (χ4n) is 3.14. The number of rotatable bonds is 5. The summed E-state index contributed by atoms with van der Waals surface area (Å²) in [6.07, 6.45) is -5.10. The molecule has 1 saturated heterocycles. The fourth-order valence-corrected chi connectivity index (χ4v) is 3.14. The van der Waals surface area contributed by atoms with Gasteiger partial charge in [-0.2, -0.15) is 4.98 Å². The van der Waals surface area contributed by atoms with Crippen molar-refractivity contribution < 1.29 is 24.8 Å². The molecule has 148 valence electrons. The van der Waals surface area contributed by atoms with Crippen LogP contribution in [0.25, 0.3) is 11.2 Å². The number of aromatic nitrogens is 4. The molecule has 1 aliphatic rings. The van der Waals surface area contributed by atoms with Gasteiger partial charge in [-0.1, -0.05) is 30.3 Å². The third-order valence-electron chi connectivity index (χ3n) is 4.54. The summed E-state index contributed by atoms with van der Waals surface area (Å²) in [5.74, 6) is 0. The van der Waals surface area contributed by atoms with Gasteiger partial charge in [-0.05, 0) is 5.56 Å². The second kappa shape index (κ2) is 7.20. The van der Waals surface area contributed by atoms with Crippen LogP contribution in [-0.4, -0.2) is 59.8 Å². The summed E-state index contributed by atoms with van der Waals surface area (Å²) in [6.45, 7) is -0.431. The molecule has 0 aliphatic carbocycles. The van der Waals surface area contributed by atoms with Gasteiger partial charge in [-0.15, -0.1) is 0 Å². The van der Waals surface area contributed by atoms with Gasteiger partial charge >= 0.3 is 11.7 Å². The van der Waals surface area contributed by atoms with Gasteiger partial charge < -0.3 is 24.8 Å². The lowest BCUT2D eigenvalue weighted by Crippen LogP contribution is -2.33. The summed E-state index contributed by atoms with van der Waals surface area (Å²) < 4.78 is 12.4. The van der Waals surface area contributed by atoms with Crippen LogP contribution in [0.1, 0.15) is 11.8 Å². The predicted octanol–water partition coefficient (Wildman–Crippen LogP) is -1.40. The number of aliphatic hydroxyl groups is 3. The maximum absolute atomic E-state index is 12.1. The number of fused-ring (bicyclic) bond motifs is 1. The van der Waals surface area contributed by atoms with Crippen LogP contribution >= 0.6 is 0 Å². The minimum atomic E-state index is -1.45. The summed E-state index contributed by atoms with van der Waals surface area (Å²) in [5, 5.41) is 29.8. The first-order valence-electron chi connectivity index (χ1n) is 8.53. The number of hydrogen-bond acceptors (Lipinski definition) is 8. The van der Waals surface area contributed by atoms with Crippen LogP contribution in [0.2, 0.25) is 0 Å². The Bertz CT molecular complexity index is 1090. The van der Waals surface area contributed by atoms with Gasteiger partial charge in [-0.25, -0.2) is 9.36 Å². The maximum Gasteiger partial charge on any atom is 0.327 e. The Kier molecular flexibility index (Phi) is 4.73. The highest BCUT2D eigenvalue weighted by Crippen LogP contribution is 2.34. The summed E-state index contributed by atoms with van der Waals surface area (Å²) in [7, 11) is 0. The van der Waals surface area contributed by atoms with E-state index in [4.69, 9.17) is 9.47 Å². The third-order valence-corrected chi connectivity index (χ3v) is 4.54. The molecule has 28 heavy (non-hydrogen) atoms. The number of nitrogens with one attached hydrogen (secondary N) is 2. The highest BCUT2D eigenvalue weighted by molar-refractivity contribution is 5.71. The Morgan fingerprint density at radius 1 is 1.14 bits per heavy atom. The highest BCUT2D eigenvalue weighted by Gasteiger charge is 2.45. The number of imidazole rings is 1. The Morgan fingerprint density at radius 2 is 1.89 bits per heavy atom. The van der Waals surface area contributed by atoms with E-state index in [1.54, 1.807) is 0 Å². The van der Waals surface area contributed by atoms with Crippen molar-refractivity contribution in [3.8, 4) is 6.01 Å². The average molecular weight is 390 g/mol. The van der Waals surface area contributed by atoms with Gasteiger partial charge in [0, 0.05) is 0 Å². The maximum atomic E-state index is 12.1. The molecule has 4 atom stereocenters. The number of benzene rings is 1. The Morgan fingerprint density at radius 3 is 2.57 bits per heavy atom. The Hall–Kier alpha value is -2.99. The van der Waals surface area contributed by atoms with E-state index in [1.807, 2.05) is 30.3 Å². The van der Waals surface area contributed by atoms with Crippen LogP contribution in [0.15, 0.2) is 39.9 Å². The highest BCUT2D eigenvalue weighted by atomic mass is 16.6. The van der Waals surface area contributed by atoms with E-state index in [-0.39, 0.29) is 23.8 Å². The first kappa shape index (κ1) is 18.4. The van der Waals surface area contributed by atoms with E-state index in [0.717, 1.165) is 5.56 Å². The number of H-pyrrole nitrogens is 2. The van der Waals surface area contributed by atoms with Crippen molar-refractivity contribution in [3.05, 3.63) is 56.7 Å². The van der Waals surface area contributed by atoms with E-state index in [0.29, 0.717) is 0 Å². The van der Waals surface area contributed by atoms with Crippen molar-refractivity contribution in [3.63, 3.8) is 0 Å². The van der Waals surface area contributed by atoms with Gasteiger partial charge in [0.25, 0.3) is 5.56 Å². The number of ether oxygens (including phenoxy) is 2. The summed E-state index contributed by atoms with van der Waals surface area (Å²) in [6, 6.07) is 9.07. The molecule has 11 heteroatoms. The average Bonchev–Trinajstić information content (AvgIpc) is 3.18. The van der Waals surface area contributed by atoms with Crippen LogP contribution in [0.3, 0.4) is 0 Å². The third kappa shape index (κ3) is 3.10. The van der Waals surface area contributed by atoms with E-state index in [2.05, 4.69) is 15.0 Å². The minimum absolute atomic E-state index is 0.0355. The van der Waals surface area contributed by atoms with E-state index >= 15 is 0 Å². The monoisotopic (exact) mass is 390 g/mol. The molecule has 1 fully saturated rings. The Balaban J connectivity index is 1.80. The largest absolute Gasteiger partial charge is 0.460 e. The molecular formula is C17H18N4O7. The lowest BCUT2D eigenvalue weighted by atomic mass is 10.1. The number of nitrogens with zero attached hydrogens (tertiary/aromatic N) is 2. The molecule has 0 unspecified atom stereocenters. The van der Waals surface area contributed by atoms with Crippen molar-refractivity contribution in [1.29, 1.82) is 0 Å². The molecule has 1 aliphatic heterocycles. The van der Waals surface area contributed by atoms with Crippen molar-refractivity contribution in [2.24, 2.45) is 0 Å². The summed E-state index contributed by atoms with van der Waals surface area (Å²) in [5.41, 5.74) is -0.856. The van der Waals surface area contributed by atoms with Crippen LogP contribution in [0, 0.1) is 0 Å². The molecule has 1 aromatic carbocycles. The molecule has 11 nitrogen and oxygen atoms in total. The standard InChI is InChI=1S/C17H18N4O7/c22-6-9-11(23)12(24)15(28-9)21-13-10(14(25)20-16(26)19-13)18-17(21)27-7-8-4-2-1-3-5-8/h1-5,9,11-12,15,22-24H,6-7H2,(H2,19,20,25,26)/t9-,11+,12+,15+/m0/s1. The van der Waals surface area contributed by atoms with E-state index in [9.17, 15) is 24.9 Å². The topological polar surface area (TPSA) is 163 Å². The number of aliphatic hydroxyl groups excluding tert-OH is 3. The molecule has 3 aromatic rings. The molecular weight excluding hydrogens is 372 g/mol. The normalized spacial score (nSPS) is 24.7. The second-order valence-corrected chi connectivity index (χ2v) is 6.37. The van der Waals surface area contributed by atoms with E-state index in [1.165, 1.54) is 4.57 Å². The SMILES string of the molecule is O=c1[nH]c(=O)c2nc(OCc3ccccc3)n([C@@H]3O[C@@H](CO)[C@@H](O)[C@H]3O)c2[nH]1. The number of hydrogen-bond donors (Lipinski definition) is 5. The van der Waals surface area contributed by atoms with Crippen molar-refractivity contribution in [2.45, 2.75) is 31.1 Å². The quantitative estimate of drug-likeness (QED) is 0.355. The predicted molar refractivity (Wildman–Crippen MR) is 94.8 cm³/mol. The van der Waals surface area contributed by atoms with Gasteiger partial charge in [0.1, 0.15) is 24.9 Å². The molecule has 2 aromatic heterocycles. The van der Waals surface area contributed by atoms with Crippen LogP contribution in [0.5, 0.6) is 6.01 Å². The summed E-state index contributed by atoms with van der Waals surface area (Å²) in [4.78, 5) is 32.5. The molecule has 0 spiro atoms. The first-order valence-corrected chi connectivity index (χ1v) is 8.53. The van der Waals surface area contributed by atoms with Gasteiger partial charge in [0.15, 0.2) is 17.4 Å². The molecule has 3 heterocycles. The lowest BCUT2D eigenvalue weighted by Gasteiger charge is -2.19. The first-order chi connectivity index (χ1) is 13.5.